The Bertz CT molecular complexity index is 863. The molecule has 4 aliphatic rings. The summed E-state index contributed by atoms with van der Waals surface area (Å²) in [6.07, 6.45) is 5.03. The van der Waals surface area contributed by atoms with Crippen LogP contribution >= 0.6 is 11.6 Å². The number of pyridine rings is 1. The van der Waals surface area contributed by atoms with Crippen molar-refractivity contribution in [2.45, 2.75) is 31.3 Å². The standard InChI is InChI=1S/C22H25ClN4O/c23-18-5-3-17(4-6-18)21-20-16(2-1-10-24-20)9-13-27(21)22(28)25-19-14-26-11-7-15(19)8-12-26/h1-6,10,15,19,21H,7-9,11-14H2,(H,25,28)/t19-,21-/m1/s1. The topological polar surface area (TPSA) is 48.5 Å². The number of urea groups is 1. The van der Waals surface area contributed by atoms with Crippen LogP contribution in [0.15, 0.2) is 42.6 Å². The van der Waals surface area contributed by atoms with Crippen molar-refractivity contribution in [1.82, 2.24) is 20.1 Å². The molecule has 2 atom stereocenters. The minimum absolute atomic E-state index is 0.0232. The zero-order valence-corrected chi connectivity index (χ0v) is 16.6. The third kappa shape index (κ3) is 3.27. The number of halogens is 1. The Morgan fingerprint density at radius 2 is 1.89 bits per heavy atom. The SMILES string of the molecule is O=C(N[C@@H]1CN2CCC1CC2)N1CCc2cccnc2[C@H]1c1ccc(Cl)cc1. The third-order valence-electron chi connectivity index (χ3n) is 6.53. The maximum Gasteiger partial charge on any atom is 0.318 e. The van der Waals surface area contributed by atoms with Gasteiger partial charge < -0.3 is 15.1 Å². The van der Waals surface area contributed by atoms with E-state index in [1.807, 2.05) is 41.4 Å². The second-order valence-electron chi connectivity index (χ2n) is 8.14. The van der Waals surface area contributed by atoms with Gasteiger partial charge in [-0.3, -0.25) is 4.98 Å². The van der Waals surface area contributed by atoms with Crippen molar-refractivity contribution in [3.63, 3.8) is 0 Å². The molecule has 6 rings (SSSR count). The minimum Gasteiger partial charge on any atom is -0.334 e. The van der Waals surface area contributed by atoms with Crippen LogP contribution in [-0.2, 0) is 6.42 Å². The number of carbonyl (C=O) groups excluding carboxylic acids is 1. The summed E-state index contributed by atoms with van der Waals surface area (Å²) in [5, 5.41) is 4.05. The molecule has 0 radical (unpaired) electrons. The number of piperidine rings is 3. The second kappa shape index (κ2) is 7.37. The molecule has 2 amide bonds. The Morgan fingerprint density at radius 3 is 2.61 bits per heavy atom. The Balaban J connectivity index is 1.43. The Kier molecular flexibility index (Phi) is 4.73. The van der Waals surface area contributed by atoms with Crippen molar-refractivity contribution in [2.24, 2.45) is 5.92 Å². The highest BCUT2D eigenvalue weighted by molar-refractivity contribution is 6.30. The first-order valence-corrected chi connectivity index (χ1v) is 10.6. The van der Waals surface area contributed by atoms with Crippen molar-refractivity contribution in [3.05, 3.63) is 64.4 Å². The lowest BCUT2D eigenvalue weighted by molar-refractivity contribution is 0.0714. The molecule has 6 heteroatoms. The number of fused-ring (bicyclic) bond motifs is 4. The fraction of sp³-hybridized carbons (Fsp3) is 0.455. The lowest BCUT2D eigenvalue weighted by Gasteiger charge is -2.46. The number of amides is 2. The maximum absolute atomic E-state index is 13.3. The molecule has 5 nitrogen and oxygen atoms in total. The highest BCUT2D eigenvalue weighted by Gasteiger charge is 2.38. The Hall–Kier alpha value is -2.11. The summed E-state index contributed by atoms with van der Waals surface area (Å²) in [5.74, 6) is 0.609. The first kappa shape index (κ1) is 18.0. The summed E-state index contributed by atoms with van der Waals surface area (Å²) in [6, 6.07) is 12.0. The van der Waals surface area contributed by atoms with Gasteiger partial charge in [-0.05, 0) is 67.6 Å². The molecule has 5 heterocycles. The predicted octanol–water partition coefficient (Wildman–Crippen LogP) is 3.49. The van der Waals surface area contributed by atoms with E-state index < -0.39 is 0 Å². The number of aromatic nitrogens is 1. The number of nitrogens with one attached hydrogen (secondary N) is 1. The lowest BCUT2D eigenvalue weighted by atomic mass is 9.84. The fourth-order valence-corrected chi connectivity index (χ4v) is 5.12. The van der Waals surface area contributed by atoms with Crippen LogP contribution in [0.3, 0.4) is 0 Å². The van der Waals surface area contributed by atoms with Gasteiger partial charge in [0, 0.05) is 30.4 Å². The Labute approximate surface area is 170 Å². The average molecular weight is 397 g/mol. The Morgan fingerprint density at radius 1 is 1.11 bits per heavy atom. The maximum atomic E-state index is 13.3. The molecule has 146 valence electrons. The van der Waals surface area contributed by atoms with Gasteiger partial charge in [0.2, 0.25) is 0 Å². The highest BCUT2D eigenvalue weighted by Crippen LogP contribution is 2.35. The largest absolute Gasteiger partial charge is 0.334 e. The minimum atomic E-state index is -0.177. The molecule has 1 N–H and O–H groups in total. The van der Waals surface area contributed by atoms with Crippen LogP contribution in [0.2, 0.25) is 5.02 Å². The van der Waals surface area contributed by atoms with Gasteiger partial charge in [0.25, 0.3) is 0 Å². The van der Waals surface area contributed by atoms with E-state index in [2.05, 4.69) is 21.3 Å². The summed E-state index contributed by atoms with van der Waals surface area (Å²) >= 11 is 6.10. The molecule has 3 fully saturated rings. The molecule has 0 aliphatic carbocycles. The molecule has 1 aromatic carbocycles. The molecule has 0 spiro atoms. The number of nitrogens with zero attached hydrogens (tertiary/aromatic N) is 3. The van der Waals surface area contributed by atoms with E-state index in [4.69, 9.17) is 11.6 Å². The first-order chi connectivity index (χ1) is 13.7. The fourth-order valence-electron chi connectivity index (χ4n) is 5.00. The van der Waals surface area contributed by atoms with Gasteiger partial charge in [0.05, 0.1) is 5.69 Å². The van der Waals surface area contributed by atoms with Crippen LogP contribution < -0.4 is 5.32 Å². The molecular formula is C22H25ClN4O. The van der Waals surface area contributed by atoms with Gasteiger partial charge >= 0.3 is 6.03 Å². The first-order valence-electron chi connectivity index (χ1n) is 10.2. The molecule has 2 aromatic rings. The van der Waals surface area contributed by atoms with E-state index >= 15 is 0 Å². The summed E-state index contributed by atoms with van der Waals surface area (Å²) in [5.41, 5.74) is 3.24. The number of hydrogen-bond donors (Lipinski definition) is 1. The van der Waals surface area contributed by atoms with Crippen LogP contribution in [0.1, 0.15) is 35.7 Å². The van der Waals surface area contributed by atoms with Gasteiger partial charge in [0.15, 0.2) is 0 Å². The van der Waals surface area contributed by atoms with E-state index in [1.165, 1.54) is 31.5 Å². The second-order valence-corrected chi connectivity index (χ2v) is 8.58. The predicted molar refractivity (Wildman–Crippen MR) is 109 cm³/mol. The van der Waals surface area contributed by atoms with Crippen molar-refractivity contribution >= 4 is 17.6 Å². The quantitative estimate of drug-likeness (QED) is 0.845. The molecule has 2 bridgehead atoms. The summed E-state index contributed by atoms with van der Waals surface area (Å²) in [4.78, 5) is 22.4. The van der Waals surface area contributed by atoms with Crippen molar-refractivity contribution in [2.75, 3.05) is 26.2 Å². The summed E-state index contributed by atoms with van der Waals surface area (Å²) in [7, 11) is 0. The van der Waals surface area contributed by atoms with Gasteiger partial charge in [-0.25, -0.2) is 4.79 Å². The normalized spacial score (nSPS) is 28.7. The van der Waals surface area contributed by atoms with E-state index in [0.29, 0.717) is 17.5 Å². The van der Waals surface area contributed by atoms with Crippen molar-refractivity contribution in [3.8, 4) is 0 Å². The van der Waals surface area contributed by atoms with Crippen LogP contribution in [0.25, 0.3) is 0 Å². The molecular weight excluding hydrogens is 372 g/mol. The van der Waals surface area contributed by atoms with Gasteiger partial charge in [0.1, 0.15) is 6.04 Å². The van der Waals surface area contributed by atoms with E-state index in [9.17, 15) is 4.79 Å². The third-order valence-corrected chi connectivity index (χ3v) is 6.78. The summed E-state index contributed by atoms with van der Waals surface area (Å²) in [6.45, 7) is 4.01. The molecule has 4 aliphatic heterocycles. The molecule has 1 aromatic heterocycles. The van der Waals surface area contributed by atoms with Crippen LogP contribution in [0.5, 0.6) is 0 Å². The molecule has 3 saturated heterocycles. The lowest BCUT2D eigenvalue weighted by Crippen LogP contribution is -2.59. The van der Waals surface area contributed by atoms with Gasteiger partial charge in [-0.2, -0.15) is 0 Å². The van der Waals surface area contributed by atoms with E-state index in [1.54, 1.807) is 0 Å². The van der Waals surface area contributed by atoms with Gasteiger partial charge in [-0.15, -0.1) is 0 Å². The average Bonchev–Trinajstić information content (AvgIpc) is 2.74. The zero-order chi connectivity index (χ0) is 19.1. The number of hydrogen-bond acceptors (Lipinski definition) is 3. The van der Waals surface area contributed by atoms with Crippen molar-refractivity contribution < 1.29 is 4.79 Å². The smallest absolute Gasteiger partial charge is 0.318 e. The monoisotopic (exact) mass is 396 g/mol. The van der Waals surface area contributed by atoms with Gasteiger partial charge in [-0.1, -0.05) is 29.8 Å². The highest BCUT2D eigenvalue weighted by atomic mass is 35.5. The molecule has 28 heavy (non-hydrogen) atoms. The molecule has 0 unspecified atom stereocenters. The number of carbonyl (C=O) groups is 1. The van der Waals surface area contributed by atoms with Crippen LogP contribution in [0, 0.1) is 5.92 Å². The molecule has 0 saturated carbocycles. The van der Waals surface area contributed by atoms with Crippen LogP contribution in [-0.4, -0.2) is 53.0 Å². The summed E-state index contributed by atoms with van der Waals surface area (Å²) < 4.78 is 0. The number of benzene rings is 1. The van der Waals surface area contributed by atoms with E-state index in [-0.39, 0.29) is 18.1 Å². The zero-order valence-electron chi connectivity index (χ0n) is 15.9. The van der Waals surface area contributed by atoms with E-state index in [0.717, 1.165) is 24.2 Å². The van der Waals surface area contributed by atoms with Crippen molar-refractivity contribution in [1.29, 1.82) is 0 Å². The number of rotatable bonds is 2. The van der Waals surface area contributed by atoms with Crippen LogP contribution in [0.4, 0.5) is 4.79 Å².